The molecule has 0 N–H and O–H groups in total. The number of rotatable bonds is 6. The van der Waals surface area contributed by atoms with Crippen molar-refractivity contribution in [1.29, 1.82) is 0 Å². The minimum atomic E-state index is 0.763. The molecule has 2 aromatic rings. The Morgan fingerprint density at radius 3 is 1.83 bits per heavy atom. The molecule has 0 unspecified atom stereocenters. The van der Waals surface area contributed by atoms with Crippen molar-refractivity contribution < 1.29 is 0 Å². The van der Waals surface area contributed by atoms with Crippen LogP contribution in [-0.4, -0.2) is 0 Å². The Hall–Kier alpha value is -1.05. The second kappa shape index (κ2) is 11.0. The Morgan fingerprint density at radius 1 is 0.733 bits per heavy atom. The molecule has 2 heteroatoms. The van der Waals surface area contributed by atoms with Crippen LogP contribution >= 0.6 is 27.5 Å². The molecule has 0 saturated heterocycles. The molecule has 0 spiro atoms. The first-order chi connectivity index (χ1) is 14.7. The quantitative estimate of drug-likeness (QED) is 0.382. The Balaban J connectivity index is 1.25. The maximum atomic E-state index is 5.66. The van der Waals surface area contributed by atoms with Crippen molar-refractivity contribution in [2.45, 2.75) is 70.1 Å². The molecule has 0 atom stereocenters. The van der Waals surface area contributed by atoms with E-state index in [1.54, 1.807) is 11.1 Å². The van der Waals surface area contributed by atoms with Gasteiger partial charge in [-0.15, -0.1) is 0 Å². The van der Waals surface area contributed by atoms with Crippen molar-refractivity contribution in [2.75, 3.05) is 0 Å². The maximum absolute atomic E-state index is 5.66. The van der Waals surface area contributed by atoms with E-state index in [2.05, 4.69) is 70.5 Å². The van der Waals surface area contributed by atoms with E-state index in [0.717, 1.165) is 34.6 Å². The van der Waals surface area contributed by atoms with E-state index >= 15 is 0 Å². The SMILES string of the molecule is ClC=CCCC1CCC(C2CCC(c3ccc(-c4ccc(Br)cc4)cc3)CC2)CC1. The summed E-state index contributed by atoms with van der Waals surface area (Å²) in [7, 11) is 0. The van der Waals surface area contributed by atoms with Crippen LogP contribution in [0.15, 0.2) is 64.6 Å². The average Bonchev–Trinajstić information content (AvgIpc) is 2.81. The third-order valence-electron chi connectivity index (χ3n) is 7.72. The van der Waals surface area contributed by atoms with Gasteiger partial charge in [-0.1, -0.05) is 82.8 Å². The molecule has 0 heterocycles. The Bertz CT molecular complexity index is 792. The molecule has 160 valence electrons. The van der Waals surface area contributed by atoms with Crippen LogP contribution in [0.2, 0.25) is 0 Å². The lowest BCUT2D eigenvalue weighted by Crippen LogP contribution is -2.25. The van der Waals surface area contributed by atoms with Crippen LogP contribution in [0.5, 0.6) is 0 Å². The summed E-state index contributed by atoms with van der Waals surface area (Å²) in [4.78, 5) is 0. The fraction of sp³-hybridized carbons (Fsp3) is 0.500. The normalized spacial score (nSPS) is 27.4. The van der Waals surface area contributed by atoms with Crippen LogP contribution in [0.1, 0.15) is 75.7 Å². The lowest BCUT2D eigenvalue weighted by molar-refractivity contribution is 0.157. The number of benzene rings is 2. The lowest BCUT2D eigenvalue weighted by Gasteiger charge is -2.38. The van der Waals surface area contributed by atoms with E-state index in [0.29, 0.717) is 0 Å². The minimum absolute atomic E-state index is 0.763. The van der Waals surface area contributed by atoms with Gasteiger partial charge < -0.3 is 0 Å². The molecule has 2 aromatic carbocycles. The van der Waals surface area contributed by atoms with Gasteiger partial charge in [0, 0.05) is 10.0 Å². The smallest absolute Gasteiger partial charge is 0.0175 e. The largest absolute Gasteiger partial charge is 0.0933 e. The third-order valence-corrected chi connectivity index (χ3v) is 8.43. The first-order valence-corrected chi connectivity index (χ1v) is 13.1. The van der Waals surface area contributed by atoms with Crippen molar-refractivity contribution in [3.05, 3.63) is 70.2 Å². The van der Waals surface area contributed by atoms with E-state index in [4.69, 9.17) is 11.6 Å². The number of hydrogen-bond acceptors (Lipinski definition) is 0. The molecular formula is C28H34BrCl. The second-order valence-corrected chi connectivity index (χ2v) is 10.6. The highest BCUT2D eigenvalue weighted by Crippen LogP contribution is 2.44. The summed E-state index contributed by atoms with van der Waals surface area (Å²) in [6, 6.07) is 18.0. The molecule has 0 radical (unpaired) electrons. The third kappa shape index (κ3) is 5.80. The molecule has 30 heavy (non-hydrogen) atoms. The van der Waals surface area contributed by atoms with Gasteiger partial charge in [0.05, 0.1) is 0 Å². The lowest BCUT2D eigenvalue weighted by atomic mass is 9.68. The van der Waals surface area contributed by atoms with Crippen LogP contribution in [0.4, 0.5) is 0 Å². The fourth-order valence-electron chi connectivity index (χ4n) is 5.86. The van der Waals surface area contributed by atoms with Gasteiger partial charge >= 0.3 is 0 Å². The summed E-state index contributed by atoms with van der Waals surface area (Å²) in [6.07, 6.45) is 16.0. The van der Waals surface area contributed by atoms with E-state index in [1.165, 1.54) is 68.9 Å². The molecule has 2 aliphatic rings. The zero-order valence-corrected chi connectivity index (χ0v) is 20.3. The standard InChI is InChI=1S/C28H34BrCl/c29-28-18-16-27(17-19-28)26-14-12-25(13-15-26)24-10-8-23(9-11-24)22-6-4-21(5-7-22)3-1-2-20-30/h2,12-24H,1,3-11H2. The predicted molar refractivity (Wildman–Crippen MR) is 134 cm³/mol. The van der Waals surface area contributed by atoms with Crippen LogP contribution < -0.4 is 0 Å². The first-order valence-electron chi connectivity index (χ1n) is 11.8. The summed E-state index contributed by atoms with van der Waals surface area (Å²) in [6.45, 7) is 0. The van der Waals surface area contributed by atoms with Gasteiger partial charge in [0.25, 0.3) is 0 Å². The Morgan fingerprint density at radius 2 is 1.27 bits per heavy atom. The van der Waals surface area contributed by atoms with Gasteiger partial charge in [0.2, 0.25) is 0 Å². The molecule has 4 rings (SSSR count). The number of halogens is 2. The highest BCUT2D eigenvalue weighted by molar-refractivity contribution is 9.10. The number of hydrogen-bond donors (Lipinski definition) is 0. The Kier molecular flexibility index (Phi) is 8.13. The summed E-state index contributed by atoms with van der Waals surface area (Å²) in [5.41, 5.74) is 5.84. The van der Waals surface area contributed by atoms with Crippen molar-refractivity contribution in [3.8, 4) is 11.1 Å². The van der Waals surface area contributed by atoms with Gasteiger partial charge in [-0.2, -0.15) is 0 Å². The summed E-state index contributed by atoms with van der Waals surface area (Å²) in [5, 5.41) is 0. The predicted octanol–water partition coefficient (Wildman–Crippen LogP) is 9.73. The van der Waals surface area contributed by atoms with Crippen molar-refractivity contribution in [2.24, 2.45) is 17.8 Å². The fourth-order valence-corrected chi connectivity index (χ4v) is 6.25. The van der Waals surface area contributed by atoms with E-state index < -0.39 is 0 Å². The molecule has 0 bridgehead atoms. The molecule has 2 aliphatic carbocycles. The molecule has 0 aromatic heterocycles. The average molecular weight is 486 g/mol. The van der Waals surface area contributed by atoms with Gasteiger partial charge in [0.1, 0.15) is 0 Å². The molecule has 0 nitrogen and oxygen atoms in total. The molecule has 0 amide bonds. The summed E-state index contributed by atoms with van der Waals surface area (Å²) < 4.78 is 1.14. The topological polar surface area (TPSA) is 0 Å². The molecule has 2 fully saturated rings. The van der Waals surface area contributed by atoms with Crippen LogP contribution in [0, 0.1) is 17.8 Å². The minimum Gasteiger partial charge on any atom is -0.0933 e. The molecular weight excluding hydrogens is 452 g/mol. The molecule has 2 saturated carbocycles. The zero-order valence-electron chi connectivity index (χ0n) is 17.9. The van der Waals surface area contributed by atoms with Crippen LogP contribution in [0.3, 0.4) is 0 Å². The van der Waals surface area contributed by atoms with Crippen molar-refractivity contribution >= 4 is 27.5 Å². The zero-order chi connectivity index (χ0) is 20.8. The Labute approximate surface area is 196 Å². The van der Waals surface area contributed by atoms with E-state index in [9.17, 15) is 0 Å². The maximum Gasteiger partial charge on any atom is 0.0175 e. The van der Waals surface area contributed by atoms with E-state index in [1.807, 2.05) is 0 Å². The number of allylic oxidation sites excluding steroid dienone is 1. The van der Waals surface area contributed by atoms with Gasteiger partial charge in [-0.05, 0) is 104 Å². The monoisotopic (exact) mass is 484 g/mol. The van der Waals surface area contributed by atoms with Crippen LogP contribution in [0.25, 0.3) is 11.1 Å². The second-order valence-electron chi connectivity index (χ2n) is 9.46. The summed E-state index contributed by atoms with van der Waals surface area (Å²) >= 11 is 9.18. The highest BCUT2D eigenvalue weighted by atomic mass is 79.9. The van der Waals surface area contributed by atoms with Crippen LogP contribution in [-0.2, 0) is 0 Å². The van der Waals surface area contributed by atoms with E-state index in [-0.39, 0.29) is 0 Å². The van der Waals surface area contributed by atoms with Gasteiger partial charge in [-0.3, -0.25) is 0 Å². The molecule has 0 aliphatic heterocycles. The van der Waals surface area contributed by atoms with Crippen molar-refractivity contribution in [3.63, 3.8) is 0 Å². The summed E-state index contributed by atoms with van der Waals surface area (Å²) in [5.74, 6) is 3.67. The highest BCUT2D eigenvalue weighted by Gasteiger charge is 2.31. The van der Waals surface area contributed by atoms with Crippen molar-refractivity contribution in [1.82, 2.24) is 0 Å². The van der Waals surface area contributed by atoms with Gasteiger partial charge in [-0.25, -0.2) is 0 Å². The van der Waals surface area contributed by atoms with Gasteiger partial charge in [0.15, 0.2) is 0 Å². The first kappa shape index (κ1) is 22.2.